The average Bonchev–Trinajstić information content (AvgIpc) is 3.13. The van der Waals surface area contributed by atoms with Gasteiger partial charge in [0, 0.05) is 32.4 Å². The van der Waals surface area contributed by atoms with Crippen LogP contribution in [0.1, 0.15) is 86.5 Å². The van der Waals surface area contributed by atoms with Crippen LogP contribution in [0.4, 0.5) is 0 Å². The normalized spacial score (nSPS) is 44.7. The predicted molar refractivity (Wildman–Crippen MR) is 217 cm³/mol. The summed E-state index contributed by atoms with van der Waals surface area (Å²) < 4.78 is 50.0. The van der Waals surface area contributed by atoms with Crippen molar-refractivity contribution >= 4 is 12.3 Å². The minimum atomic E-state index is -1.47. The van der Waals surface area contributed by atoms with Crippen LogP contribution in [0.25, 0.3) is 0 Å². The van der Waals surface area contributed by atoms with E-state index in [0.29, 0.717) is 19.3 Å². The van der Waals surface area contributed by atoms with E-state index >= 15 is 0 Å². The number of hydrogen-bond donors (Lipinski definition) is 4. The number of nitrogens with zero attached hydrogens (tertiary/aromatic N) is 2. The summed E-state index contributed by atoms with van der Waals surface area (Å²) >= 11 is 0. The number of aliphatic hydroxyl groups is 4. The van der Waals surface area contributed by atoms with E-state index in [1.807, 2.05) is 52.2 Å². The predicted octanol–water partition coefficient (Wildman–Crippen LogP) is 2.33. The summed E-state index contributed by atoms with van der Waals surface area (Å²) in [7, 11) is 9.03. The van der Waals surface area contributed by atoms with E-state index in [4.69, 9.17) is 37.9 Å². The lowest BCUT2D eigenvalue weighted by Gasteiger charge is -2.50. The summed E-state index contributed by atoms with van der Waals surface area (Å²) in [6.07, 6.45) is -1.56. The Hall–Kier alpha value is -1.90. The van der Waals surface area contributed by atoms with Crippen molar-refractivity contribution in [1.82, 2.24) is 9.80 Å². The molecule has 0 aromatic rings. The molecule has 1 unspecified atom stereocenters. The molecule has 4 aliphatic heterocycles. The van der Waals surface area contributed by atoms with Crippen LogP contribution in [0.5, 0.6) is 0 Å². The molecule has 4 rings (SSSR count). The van der Waals surface area contributed by atoms with Crippen molar-refractivity contribution in [2.24, 2.45) is 11.8 Å². The number of aldehydes is 1. The smallest absolute Gasteiger partial charge is 0.308 e. The van der Waals surface area contributed by atoms with E-state index in [-0.39, 0.29) is 30.9 Å². The molecule has 0 amide bonds. The lowest BCUT2D eigenvalue weighted by Crippen LogP contribution is -2.65. The molecule has 0 aromatic carbocycles. The van der Waals surface area contributed by atoms with Gasteiger partial charge in [-0.3, -0.25) is 4.79 Å². The molecule has 19 atom stereocenters. The van der Waals surface area contributed by atoms with Crippen molar-refractivity contribution in [3.63, 3.8) is 0 Å². The molecule has 3 fully saturated rings. The molecule has 16 nitrogen and oxygen atoms in total. The Labute approximate surface area is 351 Å². The van der Waals surface area contributed by atoms with E-state index in [0.717, 1.165) is 12.7 Å². The van der Waals surface area contributed by atoms with Gasteiger partial charge in [0.15, 0.2) is 18.9 Å². The summed E-state index contributed by atoms with van der Waals surface area (Å²) in [4.78, 5) is 29.5. The number of esters is 1. The van der Waals surface area contributed by atoms with Gasteiger partial charge in [-0.15, -0.1) is 0 Å². The SMILES string of the molecule is CO[C@@H]1[C@@H](O[C@@H]2O[C@H](C)[C@@H](O[C@H]3CC(C)(O)[C@@H](O)[C@H](C)O3)[C@H](N(C)C)[C@H]2O)[C@@H](CC=O)C[C@@H](C)[C@@H](O[C@H]2CC[C@H](N(C)C)[C@@H](C)O2)C=CC=CC[C@@H](C)OC(=O)C[C@H]1O. The zero-order valence-corrected chi connectivity index (χ0v) is 37.0. The summed E-state index contributed by atoms with van der Waals surface area (Å²) in [5, 5.41) is 45.1. The number of carbonyl (C=O) groups is 2. The second kappa shape index (κ2) is 22.5. The Morgan fingerprint density at radius 1 is 0.864 bits per heavy atom. The number of hydrogen-bond acceptors (Lipinski definition) is 16. The van der Waals surface area contributed by atoms with Crippen molar-refractivity contribution < 1.29 is 67.9 Å². The number of rotatable bonds is 11. The van der Waals surface area contributed by atoms with Crippen LogP contribution in [0, 0.1) is 11.8 Å². The number of ether oxygens (including phenoxy) is 8. The third kappa shape index (κ3) is 13.3. The molecule has 16 heteroatoms. The maximum atomic E-state index is 13.1. The second-order valence-corrected chi connectivity index (χ2v) is 17.8. The van der Waals surface area contributed by atoms with Crippen molar-refractivity contribution in [3.05, 3.63) is 24.3 Å². The zero-order valence-electron chi connectivity index (χ0n) is 37.0. The molecule has 4 aliphatic rings. The Balaban J connectivity index is 1.66. The molecule has 0 spiro atoms. The average molecular weight is 843 g/mol. The molecule has 59 heavy (non-hydrogen) atoms. The molecule has 4 heterocycles. The summed E-state index contributed by atoms with van der Waals surface area (Å²) in [6, 6.07) is -0.466. The van der Waals surface area contributed by atoms with Crippen molar-refractivity contribution in [3.8, 4) is 0 Å². The zero-order chi connectivity index (χ0) is 43.8. The lowest BCUT2D eigenvalue weighted by atomic mass is 9.82. The molecule has 0 aromatic heterocycles. The molecule has 0 saturated carbocycles. The number of aliphatic hydroxyl groups excluding tert-OH is 3. The van der Waals surface area contributed by atoms with Gasteiger partial charge in [-0.05, 0) is 93.9 Å². The first-order valence-electron chi connectivity index (χ1n) is 21.3. The first kappa shape index (κ1) is 49.8. The van der Waals surface area contributed by atoms with E-state index in [2.05, 4.69) is 4.90 Å². The largest absolute Gasteiger partial charge is 0.462 e. The summed E-state index contributed by atoms with van der Waals surface area (Å²) in [6.45, 7) is 10.8. The maximum Gasteiger partial charge on any atom is 0.308 e. The van der Waals surface area contributed by atoms with Crippen LogP contribution in [-0.4, -0.2) is 181 Å². The maximum absolute atomic E-state index is 13.1. The van der Waals surface area contributed by atoms with Gasteiger partial charge in [0.05, 0.1) is 54.7 Å². The van der Waals surface area contributed by atoms with E-state index in [1.165, 1.54) is 14.0 Å². The monoisotopic (exact) mass is 843 g/mol. The van der Waals surface area contributed by atoms with Crippen LogP contribution >= 0.6 is 0 Å². The Bertz CT molecular complexity index is 1370. The van der Waals surface area contributed by atoms with E-state index in [9.17, 15) is 30.0 Å². The van der Waals surface area contributed by atoms with Gasteiger partial charge in [0.2, 0.25) is 0 Å². The first-order valence-corrected chi connectivity index (χ1v) is 21.3. The highest BCUT2D eigenvalue weighted by molar-refractivity contribution is 5.70. The highest BCUT2D eigenvalue weighted by atomic mass is 16.7. The van der Waals surface area contributed by atoms with Gasteiger partial charge in [-0.2, -0.15) is 0 Å². The topological polar surface area (TPSA) is 195 Å². The summed E-state index contributed by atoms with van der Waals surface area (Å²) in [5.74, 6) is -1.47. The minimum absolute atomic E-state index is 0.00885. The third-order valence-electron chi connectivity index (χ3n) is 12.4. The molecule has 3 saturated heterocycles. The van der Waals surface area contributed by atoms with Gasteiger partial charge >= 0.3 is 5.97 Å². The van der Waals surface area contributed by atoms with Crippen LogP contribution in [0.15, 0.2) is 24.3 Å². The number of methoxy groups -OCH3 is 1. The number of allylic oxidation sites excluding steroid dienone is 2. The van der Waals surface area contributed by atoms with Crippen molar-refractivity contribution in [2.45, 2.75) is 190 Å². The fourth-order valence-corrected chi connectivity index (χ4v) is 9.10. The van der Waals surface area contributed by atoms with E-state index < -0.39 is 110 Å². The van der Waals surface area contributed by atoms with Crippen molar-refractivity contribution in [1.29, 1.82) is 0 Å². The number of likely N-dealkylation sites (N-methyl/N-ethyl adjacent to an activating group) is 2. The van der Waals surface area contributed by atoms with Crippen LogP contribution in [0.2, 0.25) is 0 Å². The van der Waals surface area contributed by atoms with Gasteiger partial charge in [0.25, 0.3) is 0 Å². The molecule has 340 valence electrons. The molecule has 0 radical (unpaired) electrons. The number of cyclic esters (lactones) is 1. The van der Waals surface area contributed by atoms with E-state index in [1.54, 1.807) is 39.8 Å². The van der Waals surface area contributed by atoms with Gasteiger partial charge in [0.1, 0.15) is 36.8 Å². The van der Waals surface area contributed by atoms with Gasteiger partial charge < -0.3 is 72.9 Å². The Morgan fingerprint density at radius 2 is 1.56 bits per heavy atom. The van der Waals surface area contributed by atoms with Crippen molar-refractivity contribution in [2.75, 3.05) is 35.3 Å². The fraction of sp³-hybridized carbons (Fsp3) is 0.860. The highest BCUT2D eigenvalue weighted by Crippen LogP contribution is 2.37. The Kier molecular flexibility index (Phi) is 18.9. The quantitative estimate of drug-likeness (QED) is 0.175. The van der Waals surface area contributed by atoms with Crippen LogP contribution < -0.4 is 0 Å². The lowest BCUT2D eigenvalue weighted by molar-refractivity contribution is -0.344. The molecule has 0 aliphatic carbocycles. The van der Waals surface area contributed by atoms with Crippen LogP contribution in [0.3, 0.4) is 0 Å². The summed E-state index contributed by atoms with van der Waals surface area (Å²) in [5.41, 5.74) is -1.47. The van der Waals surface area contributed by atoms with Crippen LogP contribution in [-0.2, 0) is 47.5 Å². The second-order valence-electron chi connectivity index (χ2n) is 17.8. The molecule has 4 N–H and O–H groups in total. The standard InChI is InChI=1S/C43H74N2O14/c1-24-21-29(19-20-46)39(59-42-37(49)36(45(9)10)38(27(4)56-42)58-35-23-43(6,51)41(50)28(5)55-35)40(52-11)31(47)22-33(48)53-25(2)15-13-12-14-16-32(24)57-34-18-17-30(44(7)8)26(3)54-34/h12-14,16,20,24-32,34-42,47,49-51H,15,17-19,21-23H2,1-11H3/t24-,25-,26-,27-,28+,29+,30+,31-,32+,34+,35+,36-,37-,38-,39+,40+,41+,42+,43?/m1/s1. The van der Waals surface area contributed by atoms with Gasteiger partial charge in [-0.25, -0.2) is 0 Å². The Morgan fingerprint density at radius 3 is 2.17 bits per heavy atom. The number of carbonyl (C=O) groups excluding carboxylic acids is 2. The highest BCUT2D eigenvalue weighted by Gasteiger charge is 2.52. The third-order valence-corrected chi connectivity index (χ3v) is 12.4. The first-order chi connectivity index (χ1) is 27.8. The molecule has 0 bridgehead atoms. The fourth-order valence-electron chi connectivity index (χ4n) is 9.10. The van der Waals surface area contributed by atoms with Gasteiger partial charge in [-0.1, -0.05) is 31.2 Å². The molecular weight excluding hydrogens is 768 g/mol. The minimum Gasteiger partial charge on any atom is -0.462 e. The molecular formula is C43H74N2O14.